The molecule has 18 heavy (non-hydrogen) atoms. The zero-order valence-electron chi connectivity index (χ0n) is 9.61. The van der Waals surface area contributed by atoms with Gasteiger partial charge in [0.05, 0.1) is 5.25 Å². The van der Waals surface area contributed by atoms with Gasteiger partial charge in [0.2, 0.25) is 5.91 Å². The number of carbonyl (C=O) groups is 1. The standard InChI is InChI=1S/C9H14N3O2PS3/c1-7(16-8-5-3-2-4-6-8)9(13)12-15(14,17-10)18-11/h2-7H,10-11H2,1H3,(H,12,13,14). The Bertz CT molecular complexity index is 438. The molecular formula is C9H14N3O2PS3. The summed E-state index contributed by atoms with van der Waals surface area (Å²) in [6.07, 6.45) is 0. The van der Waals surface area contributed by atoms with E-state index >= 15 is 0 Å². The van der Waals surface area contributed by atoms with Gasteiger partial charge in [0.25, 0.3) is 0 Å². The summed E-state index contributed by atoms with van der Waals surface area (Å²) in [5.74, 6) is -0.344. The molecule has 0 aromatic heterocycles. The van der Waals surface area contributed by atoms with E-state index in [0.29, 0.717) is 23.1 Å². The van der Waals surface area contributed by atoms with Gasteiger partial charge in [0, 0.05) is 28.0 Å². The molecule has 0 radical (unpaired) electrons. The lowest BCUT2D eigenvalue weighted by Gasteiger charge is -2.16. The Morgan fingerprint density at radius 2 is 1.83 bits per heavy atom. The molecule has 100 valence electrons. The van der Waals surface area contributed by atoms with Crippen LogP contribution in [0.15, 0.2) is 35.2 Å². The van der Waals surface area contributed by atoms with Crippen molar-refractivity contribution in [3.8, 4) is 0 Å². The maximum absolute atomic E-state index is 11.9. The predicted octanol–water partition coefficient (Wildman–Crippen LogP) is 2.61. The molecule has 1 rings (SSSR count). The van der Waals surface area contributed by atoms with E-state index in [4.69, 9.17) is 10.3 Å². The third-order valence-electron chi connectivity index (χ3n) is 1.95. The van der Waals surface area contributed by atoms with Gasteiger partial charge in [0.1, 0.15) is 0 Å². The molecule has 0 bridgehead atoms. The topological polar surface area (TPSA) is 98.2 Å². The Hall–Kier alpha value is -0.110. The van der Waals surface area contributed by atoms with Crippen LogP contribution < -0.4 is 15.4 Å². The molecule has 0 aliphatic rings. The molecule has 0 fully saturated rings. The highest BCUT2D eigenvalue weighted by Crippen LogP contribution is 2.60. The molecule has 0 spiro atoms. The van der Waals surface area contributed by atoms with Crippen LogP contribution in [0.5, 0.6) is 0 Å². The molecule has 1 amide bonds. The summed E-state index contributed by atoms with van der Waals surface area (Å²) < 4.78 is 11.9. The van der Waals surface area contributed by atoms with Crippen LogP contribution in [0.2, 0.25) is 0 Å². The molecule has 0 saturated carbocycles. The third kappa shape index (κ3) is 4.87. The lowest BCUT2D eigenvalue weighted by molar-refractivity contribution is -0.118. The van der Waals surface area contributed by atoms with Gasteiger partial charge in [0.15, 0.2) is 0 Å². The number of nitrogens with two attached hydrogens (primary N) is 2. The van der Waals surface area contributed by atoms with Crippen LogP contribution in [0.25, 0.3) is 0 Å². The van der Waals surface area contributed by atoms with E-state index in [1.807, 2.05) is 30.3 Å². The van der Waals surface area contributed by atoms with Crippen LogP contribution in [-0.4, -0.2) is 11.2 Å². The van der Waals surface area contributed by atoms with Crippen LogP contribution in [0.3, 0.4) is 0 Å². The molecule has 0 aliphatic heterocycles. The molecular weight excluding hydrogens is 309 g/mol. The first-order chi connectivity index (χ1) is 8.50. The third-order valence-corrected chi connectivity index (χ3v) is 7.87. The number of benzene rings is 1. The van der Waals surface area contributed by atoms with Crippen molar-refractivity contribution < 1.29 is 9.36 Å². The minimum Gasteiger partial charge on any atom is -0.288 e. The maximum atomic E-state index is 11.9. The molecule has 1 atom stereocenters. The summed E-state index contributed by atoms with van der Waals surface area (Å²) in [5.41, 5.74) is -3.12. The van der Waals surface area contributed by atoms with Crippen LogP contribution in [0.4, 0.5) is 0 Å². The number of rotatable bonds is 6. The molecule has 1 aromatic carbocycles. The van der Waals surface area contributed by atoms with Crippen LogP contribution in [0.1, 0.15) is 6.92 Å². The van der Waals surface area contributed by atoms with Gasteiger partial charge in [-0.05, 0) is 19.1 Å². The van der Waals surface area contributed by atoms with Crippen LogP contribution in [0, 0.1) is 0 Å². The summed E-state index contributed by atoms with van der Waals surface area (Å²) in [6.45, 7) is 1.74. The molecule has 5 N–H and O–H groups in total. The van der Waals surface area contributed by atoms with Crippen molar-refractivity contribution >= 4 is 46.5 Å². The van der Waals surface area contributed by atoms with Crippen molar-refractivity contribution in [3.63, 3.8) is 0 Å². The lowest BCUT2D eigenvalue weighted by Crippen LogP contribution is -2.27. The minimum atomic E-state index is -3.12. The fourth-order valence-corrected chi connectivity index (χ4v) is 4.11. The average Bonchev–Trinajstić information content (AvgIpc) is 2.39. The molecule has 0 heterocycles. The van der Waals surface area contributed by atoms with Gasteiger partial charge in [-0.3, -0.25) is 24.7 Å². The normalized spacial score (nSPS) is 13.1. The van der Waals surface area contributed by atoms with E-state index in [1.165, 1.54) is 11.8 Å². The summed E-state index contributed by atoms with van der Waals surface area (Å²) in [5, 5.41) is 12.5. The number of nitrogens with one attached hydrogen (secondary N) is 1. The number of amides is 1. The zero-order chi connectivity index (χ0) is 13.6. The highest BCUT2D eigenvalue weighted by atomic mass is 33.1. The van der Waals surface area contributed by atoms with Gasteiger partial charge in [-0.15, -0.1) is 11.8 Å². The first-order valence-corrected chi connectivity index (χ1v) is 10.5. The van der Waals surface area contributed by atoms with Crippen molar-refractivity contribution in [2.45, 2.75) is 17.1 Å². The minimum absolute atomic E-state index is 0.344. The number of thioether (sulfide) groups is 1. The van der Waals surface area contributed by atoms with E-state index in [-0.39, 0.29) is 11.2 Å². The van der Waals surface area contributed by atoms with Gasteiger partial charge < -0.3 is 0 Å². The largest absolute Gasteiger partial charge is 0.308 e. The zero-order valence-corrected chi connectivity index (χ0v) is 13.0. The highest BCUT2D eigenvalue weighted by molar-refractivity contribution is 8.89. The van der Waals surface area contributed by atoms with Crippen molar-refractivity contribution in [3.05, 3.63) is 30.3 Å². The fourth-order valence-electron chi connectivity index (χ4n) is 1.06. The van der Waals surface area contributed by atoms with Crippen molar-refractivity contribution in [1.82, 2.24) is 5.09 Å². The Labute approximate surface area is 118 Å². The fraction of sp³-hybridized carbons (Fsp3) is 0.222. The van der Waals surface area contributed by atoms with Gasteiger partial charge in [-0.2, -0.15) is 0 Å². The second kappa shape index (κ2) is 7.47. The molecule has 5 nitrogen and oxygen atoms in total. The molecule has 0 aliphatic carbocycles. The van der Waals surface area contributed by atoms with Crippen LogP contribution >= 0.6 is 40.6 Å². The van der Waals surface area contributed by atoms with E-state index < -0.39 is 5.70 Å². The lowest BCUT2D eigenvalue weighted by atomic mass is 10.4. The van der Waals surface area contributed by atoms with E-state index in [0.717, 1.165) is 4.90 Å². The van der Waals surface area contributed by atoms with Crippen molar-refractivity contribution in [2.75, 3.05) is 0 Å². The first kappa shape index (κ1) is 15.9. The SMILES string of the molecule is CC(Sc1ccccc1)C(=O)NP(=O)(SN)SN. The monoisotopic (exact) mass is 323 g/mol. The smallest absolute Gasteiger partial charge is 0.288 e. The Kier molecular flexibility index (Phi) is 6.62. The summed E-state index contributed by atoms with van der Waals surface area (Å²) in [6, 6.07) is 9.50. The van der Waals surface area contributed by atoms with Crippen LogP contribution in [-0.2, 0) is 9.36 Å². The number of hydrogen-bond donors (Lipinski definition) is 3. The van der Waals surface area contributed by atoms with Gasteiger partial charge in [-0.25, -0.2) is 0 Å². The second-order valence-electron chi connectivity index (χ2n) is 3.26. The average molecular weight is 323 g/mol. The summed E-state index contributed by atoms with van der Waals surface area (Å²) in [7, 11) is 0. The number of hydrogen-bond acceptors (Lipinski definition) is 7. The Balaban J connectivity index is 2.60. The second-order valence-corrected chi connectivity index (χ2v) is 11.4. The van der Waals surface area contributed by atoms with E-state index in [1.54, 1.807) is 6.92 Å². The molecule has 9 heteroatoms. The van der Waals surface area contributed by atoms with Crippen molar-refractivity contribution in [1.29, 1.82) is 0 Å². The van der Waals surface area contributed by atoms with E-state index in [9.17, 15) is 9.36 Å². The number of carbonyl (C=O) groups excluding carboxylic acids is 1. The molecule has 1 unspecified atom stereocenters. The summed E-state index contributed by atoms with van der Waals surface area (Å²) in [4.78, 5) is 12.8. The molecule has 0 saturated heterocycles. The Morgan fingerprint density at radius 3 is 2.33 bits per heavy atom. The summed E-state index contributed by atoms with van der Waals surface area (Å²) >= 11 is 2.53. The van der Waals surface area contributed by atoms with Gasteiger partial charge in [-0.1, -0.05) is 18.2 Å². The highest BCUT2D eigenvalue weighted by Gasteiger charge is 2.26. The van der Waals surface area contributed by atoms with Crippen molar-refractivity contribution in [2.24, 2.45) is 10.3 Å². The Morgan fingerprint density at radius 1 is 1.28 bits per heavy atom. The maximum Gasteiger partial charge on any atom is 0.308 e. The predicted molar refractivity (Wildman–Crippen MR) is 81.1 cm³/mol. The van der Waals surface area contributed by atoms with E-state index in [2.05, 4.69) is 5.09 Å². The first-order valence-electron chi connectivity index (χ1n) is 4.91. The van der Waals surface area contributed by atoms with Gasteiger partial charge >= 0.3 is 5.70 Å². The quantitative estimate of drug-likeness (QED) is 0.420. The molecule has 1 aromatic rings.